The predicted molar refractivity (Wildman–Crippen MR) is 83.2 cm³/mol. The van der Waals surface area contributed by atoms with Crippen molar-refractivity contribution < 1.29 is 22.8 Å². The van der Waals surface area contributed by atoms with Crippen LogP contribution in [0.3, 0.4) is 0 Å². The van der Waals surface area contributed by atoms with Gasteiger partial charge in [0.05, 0.1) is 0 Å². The number of anilines is 1. The number of carbonyl (C=O) groups is 2. The van der Waals surface area contributed by atoms with Crippen LogP contribution in [0.25, 0.3) is 0 Å². The predicted octanol–water partition coefficient (Wildman–Crippen LogP) is 2.29. The van der Waals surface area contributed by atoms with Gasteiger partial charge in [-0.05, 0) is 37.1 Å². The van der Waals surface area contributed by atoms with Crippen LogP contribution >= 0.6 is 0 Å². The Morgan fingerprint density at radius 1 is 1.38 bits per heavy atom. The van der Waals surface area contributed by atoms with E-state index in [1.807, 2.05) is 0 Å². The van der Waals surface area contributed by atoms with Gasteiger partial charge in [-0.1, -0.05) is 12.1 Å². The van der Waals surface area contributed by atoms with Gasteiger partial charge >= 0.3 is 12.1 Å². The van der Waals surface area contributed by atoms with Crippen LogP contribution in [0, 0.1) is 0 Å². The number of alkyl halides is 3. The average molecular weight is 343 g/mol. The quantitative estimate of drug-likeness (QED) is 0.862. The Bertz CT molecular complexity index is 598. The molecule has 0 radical (unpaired) electrons. The van der Waals surface area contributed by atoms with Gasteiger partial charge in [0.15, 0.2) is 0 Å². The summed E-state index contributed by atoms with van der Waals surface area (Å²) >= 11 is 0. The van der Waals surface area contributed by atoms with Crippen molar-refractivity contribution in [2.24, 2.45) is 0 Å². The first kappa shape index (κ1) is 18.3. The molecule has 2 N–H and O–H groups in total. The Morgan fingerprint density at radius 2 is 2.12 bits per heavy atom. The Kier molecular flexibility index (Phi) is 5.82. The fraction of sp³-hybridized carbons (Fsp3) is 0.500. The second kappa shape index (κ2) is 7.65. The van der Waals surface area contributed by atoms with Crippen LogP contribution in [0.2, 0.25) is 0 Å². The zero-order valence-corrected chi connectivity index (χ0v) is 13.3. The van der Waals surface area contributed by atoms with Crippen molar-refractivity contribution >= 4 is 17.5 Å². The zero-order chi connectivity index (χ0) is 17.7. The fourth-order valence-electron chi connectivity index (χ4n) is 2.68. The van der Waals surface area contributed by atoms with Crippen molar-refractivity contribution in [3.63, 3.8) is 0 Å². The molecule has 1 atom stereocenters. The summed E-state index contributed by atoms with van der Waals surface area (Å²) in [5.74, 6) is -2.05. The maximum atomic E-state index is 12.4. The van der Waals surface area contributed by atoms with E-state index in [9.17, 15) is 22.8 Å². The summed E-state index contributed by atoms with van der Waals surface area (Å²) in [5.41, 5.74) is 1.01. The molecule has 0 aliphatic carbocycles. The molecule has 5 nitrogen and oxygen atoms in total. The second-order valence-electron chi connectivity index (χ2n) is 5.90. The number of carbonyl (C=O) groups excluding carboxylic acids is 2. The van der Waals surface area contributed by atoms with Crippen LogP contribution < -0.4 is 10.6 Å². The molecule has 1 unspecified atom stereocenters. The van der Waals surface area contributed by atoms with Crippen molar-refractivity contribution in [2.45, 2.75) is 38.0 Å². The number of nitrogens with zero attached hydrogens (tertiary/aromatic N) is 1. The molecule has 0 saturated carbocycles. The summed E-state index contributed by atoms with van der Waals surface area (Å²) in [5, 5.41) is 5.96. The zero-order valence-electron chi connectivity index (χ0n) is 13.3. The minimum absolute atomic E-state index is 0.147. The lowest BCUT2D eigenvalue weighted by Crippen LogP contribution is -2.37. The number of hydrogen-bond donors (Lipinski definition) is 2. The molecule has 132 valence electrons. The van der Waals surface area contributed by atoms with Gasteiger partial charge in [-0.15, -0.1) is 0 Å². The maximum Gasteiger partial charge on any atom is 0.471 e. The summed E-state index contributed by atoms with van der Waals surface area (Å²) in [4.78, 5) is 23.7. The third kappa shape index (κ3) is 5.23. The van der Waals surface area contributed by atoms with Crippen LogP contribution in [-0.4, -0.2) is 42.5 Å². The summed E-state index contributed by atoms with van der Waals surface area (Å²) < 4.78 is 37.2. The first-order chi connectivity index (χ1) is 11.3. The molecular formula is C16H20F3N3O2. The normalized spacial score (nSPS) is 17.6. The molecule has 1 aliphatic rings. The lowest BCUT2D eigenvalue weighted by molar-refractivity contribution is -0.184. The highest BCUT2D eigenvalue weighted by Crippen LogP contribution is 2.20. The summed E-state index contributed by atoms with van der Waals surface area (Å²) in [6, 6.07) is 6.64. The highest BCUT2D eigenvalue weighted by Gasteiger charge is 2.41. The standard InChI is InChI=1S/C16H20F3N3O2/c1-22(15(24)16(17,18)19)10-11-4-2-5-13(8-11)21-14(23)9-12-6-3-7-20-12/h2,4-5,8,12,20H,3,6-7,9-10H2,1H3,(H,21,23). The molecule has 1 aromatic carbocycles. The van der Waals surface area contributed by atoms with Gasteiger partial charge in [0.1, 0.15) is 0 Å². The molecular weight excluding hydrogens is 323 g/mol. The van der Waals surface area contributed by atoms with Crippen molar-refractivity contribution in [1.29, 1.82) is 0 Å². The lowest BCUT2D eigenvalue weighted by Gasteiger charge is -2.19. The molecule has 2 amide bonds. The second-order valence-corrected chi connectivity index (χ2v) is 5.90. The van der Waals surface area contributed by atoms with Crippen LogP contribution in [0.4, 0.5) is 18.9 Å². The molecule has 1 heterocycles. The number of rotatable bonds is 5. The highest BCUT2D eigenvalue weighted by atomic mass is 19.4. The average Bonchev–Trinajstić information content (AvgIpc) is 2.98. The third-order valence-electron chi connectivity index (χ3n) is 3.81. The van der Waals surface area contributed by atoms with Crippen LogP contribution in [-0.2, 0) is 16.1 Å². The molecule has 8 heteroatoms. The van der Waals surface area contributed by atoms with E-state index in [1.54, 1.807) is 24.3 Å². The largest absolute Gasteiger partial charge is 0.471 e. The number of benzene rings is 1. The van der Waals surface area contributed by atoms with Crippen molar-refractivity contribution in [3.05, 3.63) is 29.8 Å². The van der Waals surface area contributed by atoms with E-state index in [1.165, 1.54) is 0 Å². The Hall–Kier alpha value is -2.09. The minimum Gasteiger partial charge on any atom is -0.334 e. The van der Waals surface area contributed by atoms with E-state index in [4.69, 9.17) is 0 Å². The summed E-state index contributed by atoms with van der Waals surface area (Å²) in [6.07, 6.45) is -2.53. The van der Waals surface area contributed by atoms with Gasteiger partial charge < -0.3 is 15.5 Å². The van der Waals surface area contributed by atoms with Gasteiger partial charge in [-0.25, -0.2) is 0 Å². The van der Waals surface area contributed by atoms with Gasteiger partial charge in [-0.2, -0.15) is 13.2 Å². The van der Waals surface area contributed by atoms with Gasteiger partial charge in [0.2, 0.25) is 5.91 Å². The minimum atomic E-state index is -4.89. The molecule has 24 heavy (non-hydrogen) atoms. The SMILES string of the molecule is CN(Cc1cccc(NC(=O)CC2CCCN2)c1)C(=O)C(F)(F)F. The number of amides is 2. The van der Waals surface area contributed by atoms with Crippen LogP contribution in [0.5, 0.6) is 0 Å². The Morgan fingerprint density at radius 3 is 2.75 bits per heavy atom. The van der Waals surface area contributed by atoms with Crippen molar-refractivity contribution in [2.75, 3.05) is 18.9 Å². The molecule has 0 spiro atoms. The van der Waals surface area contributed by atoms with Crippen LogP contribution in [0.1, 0.15) is 24.8 Å². The summed E-state index contributed by atoms with van der Waals surface area (Å²) in [7, 11) is 1.09. The van der Waals surface area contributed by atoms with E-state index in [2.05, 4.69) is 10.6 Å². The molecule has 1 fully saturated rings. The van der Waals surface area contributed by atoms with E-state index < -0.39 is 12.1 Å². The molecule has 1 saturated heterocycles. The van der Waals surface area contributed by atoms with Crippen LogP contribution in [0.15, 0.2) is 24.3 Å². The number of hydrogen-bond acceptors (Lipinski definition) is 3. The van der Waals surface area contributed by atoms with Gasteiger partial charge in [0, 0.05) is 31.7 Å². The monoisotopic (exact) mass is 343 g/mol. The molecule has 1 aliphatic heterocycles. The Balaban J connectivity index is 1.93. The molecule has 0 bridgehead atoms. The smallest absolute Gasteiger partial charge is 0.334 e. The maximum absolute atomic E-state index is 12.4. The molecule has 0 aromatic heterocycles. The third-order valence-corrected chi connectivity index (χ3v) is 3.81. The first-order valence-corrected chi connectivity index (χ1v) is 7.70. The van der Waals surface area contributed by atoms with Crippen molar-refractivity contribution in [3.8, 4) is 0 Å². The van der Waals surface area contributed by atoms with E-state index in [0.29, 0.717) is 22.6 Å². The highest BCUT2D eigenvalue weighted by molar-refractivity contribution is 5.91. The number of nitrogens with one attached hydrogen (secondary N) is 2. The van der Waals surface area contributed by atoms with Gasteiger partial charge in [-0.3, -0.25) is 9.59 Å². The van der Waals surface area contributed by atoms with E-state index >= 15 is 0 Å². The first-order valence-electron chi connectivity index (χ1n) is 7.70. The van der Waals surface area contributed by atoms with Gasteiger partial charge in [0.25, 0.3) is 0 Å². The van der Waals surface area contributed by atoms with E-state index in [0.717, 1.165) is 26.4 Å². The topological polar surface area (TPSA) is 61.4 Å². The Labute approximate surface area is 138 Å². The van der Waals surface area contributed by atoms with Crippen molar-refractivity contribution in [1.82, 2.24) is 10.2 Å². The molecule has 1 aromatic rings. The molecule has 2 rings (SSSR count). The number of halogens is 3. The fourth-order valence-corrected chi connectivity index (χ4v) is 2.68. The summed E-state index contributed by atoms with van der Waals surface area (Å²) in [6.45, 7) is 0.721. The van der Waals surface area contributed by atoms with E-state index in [-0.39, 0.29) is 18.5 Å². The lowest BCUT2D eigenvalue weighted by atomic mass is 10.1.